The van der Waals surface area contributed by atoms with Crippen LogP contribution >= 0.6 is 0 Å². The summed E-state index contributed by atoms with van der Waals surface area (Å²) >= 11 is 0. The standard InChI is InChI=1S/C17H27N3O3/c1-13-8-15(23-18-13)9-14-10-20(11-16(14)21)17(22)12-19-6-4-2-3-5-7-19/h8,14,16,21H,2-7,9-12H2,1H3/t14-,16-/m1/s1. The lowest BCUT2D eigenvalue weighted by molar-refractivity contribution is -0.131. The molecule has 6 heteroatoms. The second-order valence-corrected chi connectivity index (χ2v) is 6.96. The maximum absolute atomic E-state index is 12.5. The first-order valence-electron chi connectivity index (χ1n) is 8.72. The molecule has 2 aliphatic heterocycles. The molecule has 2 saturated heterocycles. The van der Waals surface area contributed by atoms with Gasteiger partial charge in [0.1, 0.15) is 5.76 Å². The SMILES string of the molecule is Cc1cc(C[C@@H]2CN(C(=O)CN3CCCCCC3)C[C@H]2O)on1. The van der Waals surface area contributed by atoms with E-state index in [9.17, 15) is 9.90 Å². The van der Waals surface area contributed by atoms with E-state index >= 15 is 0 Å². The molecule has 0 saturated carbocycles. The number of carbonyl (C=O) groups is 1. The van der Waals surface area contributed by atoms with E-state index in [2.05, 4.69) is 10.1 Å². The van der Waals surface area contributed by atoms with Crippen molar-refractivity contribution in [3.63, 3.8) is 0 Å². The highest BCUT2D eigenvalue weighted by molar-refractivity contribution is 5.78. The zero-order valence-corrected chi connectivity index (χ0v) is 13.9. The molecular formula is C17H27N3O3. The van der Waals surface area contributed by atoms with Crippen molar-refractivity contribution < 1.29 is 14.4 Å². The number of aromatic nitrogens is 1. The van der Waals surface area contributed by atoms with Crippen LogP contribution in [0.25, 0.3) is 0 Å². The Kier molecular flexibility index (Phi) is 5.33. The predicted octanol–water partition coefficient (Wildman–Crippen LogP) is 1.22. The van der Waals surface area contributed by atoms with E-state index in [-0.39, 0.29) is 11.8 Å². The van der Waals surface area contributed by atoms with Gasteiger partial charge in [0.2, 0.25) is 5.91 Å². The second-order valence-electron chi connectivity index (χ2n) is 6.96. The van der Waals surface area contributed by atoms with Crippen LogP contribution in [-0.2, 0) is 11.2 Å². The molecule has 128 valence electrons. The van der Waals surface area contributed by atoms with E-state index < -0.39 is 6.10 Å². The number of aliphatic hydroxyl groups is 1. The summed E-state index contributed by atoms with van der Waals surface area (Å²) in [6.45, 7) is 5.44. The fraction of sp³-hybridized carbons (Fsp3) is 0.765. The molecule has 3 rings (SSSR count). The third-order valence-corrected chi connectivity index (χ3v) is 4.96. The summed E-state index contributed by atoms with van der Waals surface area (Å²) in [4.78, 5) is 16.6. The molecule has 0 aromatic carbocycles. The lowest BCUT2D eigenvalue weighted by Crippen LogP contribution is -2.40. The first kappa shape index (κ1) is 16.5. The number of likely N-dealkylation sites (tertiary alicyclic amines) is 2. The molecule has 23 heavy (non-hydrogen) atoms. The van der Waals surface area contributed by atoms with Crippen LogP contribution in [0, 0.1) is 12.8 Å². The number of aryl methyl sites for hydroxylation is 1. The van der Waals surface area contributed by atoms with Crippen LogP contribution in [0.1, 0.15) is 37.1 Å². The molecule has 2 atom stereocenters. The van der Waals surface area contributed by atoms with Crippen molar-refractivity contribution >= 4 is 5.91 Å². The van der Waals surface area contributed by atoms with Gasteiger partial charge in [-0.3, -0.25) is 9.69 Å². The van der Waals surface area contributed by atoms with Gasteiger partial charge in [0.15, 0.2) is 0 Å². The largest absolute Gasteiger partial charge is 0.391 e. The fourth-order valence-corrected chi connectivity index (χ4v) is 3.61. The summed E-state index contributed by atoms with van der Waals surface area (Å²) in [6, 6.07) is 1.90. The number of nitrogens with zero attached hydrogens (tertiary/aromatic N) is 3. The molecule has 6 nitrogen and oxygen atoms in total. The van der Waals surface area contributed by atoms with E-state index in [1.165, 1.54) is 25.7 Å². The lowest BCUT2D eigenvalue weighted by Gasteiger charge is -2.23. The first-order valence-corrected chi connectivity index (χ1v) is 8.72. The minimum Gasteiger partial charge on any atom is -0.391 e. The van der Waals surface area contributed by atoms with Crippen molar-refractivity contribution in [2.75, 3.05) is 32.7 Å². The number of amides is 1. The van der Waals surface area contributed by atoms with Crippen LogP contribution in [0.15, 0.2) is 10.6 Å². The Morgan fingerprint density at radius 2 is 2.04 bits per heavy atom. The van der Waals surface area contributed by atoms with Crippen LogP contribution in [0.3, 0.4) is 0 Å². The smallest absolute Gasteiger partial charge is 0.236 e. The predicted molar refractivity (Wildman–Crippen MR) is 85.9 cm³/mol. The molecule has 0 unspecified atom stereocenters. The van der Waals surface area contributed by atoms with Crippen molar-refractivity contribution in [1.82, 2.24) is 15.0 Å². The summed E-state index contributed by atoms with van der Waals surface area (Å²) in [6.07, 6.45) is 5.06. The second kappa shape index (κ2) is 7.45. The van der Waals surface area contributed by atoms with Gasteiger partial charge in [0.05, 0.1) is 18.3 Å². The summed E-state index contributed by atoms with van der Waals surface area (Å²) in [5.74, 6) is 0.964. The molecule has 0 spiro atoms. The molecule has 0 bridgehead atoms. The summed E-state index contributed by atoms with van der Waals surface area (Å²) in [5.41, 5.74) is 0.849. The Morgan fingerprint density at radius 1 is 1.30 bits per heavy atom. The minimum atomic E-state index is -0.478. The number of β-amino-alcohol motifs (C(OH)–C–C–N with tert-alkyl or cyclic N) is 1. The molecule has 1 aromatic heterocycles. The average Bonchev–Trinajstić information content (AvgIpc) is 2.98. The molecule has 0 radical (unpaired) electrons. The van der Waals surface area contributed by atoms with Gasteiger partial charge in [-0.05, 0) is 32.9 Å². The van der Waals surface area contributed by atoms with Crippen molar-refractivity contribution in [2.24, 2.45) is 5.92 Å². The Bertz CT molecular complexity index is 523. The number of rotatable bonds is 4. The number of aliphatic hydroxyl groups excluding tert-OH is 1. The van der Waals surface area contributed by atoms with Gasteiger partial charge in [-0.1, -0.05) is 18.0 Å². The molecule has 2 fully saturated rings. The van der Waals surface area contributed by atoms with E-state index in [0.29, 0.717) is 26.1 Å². The van der Waals surface area contributed by atoms with Crippen molar-refractivity contribution in [3.8, 4) is 0 Å². The lowest BCUT2D eigenvalue weighted by atomic mass is 10.0. The Hall–Kier alpha value is -1.40. The molecule has 3 heterocycles. The molecule has 1 aromatic rings. The quantitative estimate of drug-likeness (QED) is 0.903. The summed E-state index contributed by atoms with van der Waals surface area (Å²) < 4.78 is 5.23. The monoisotopic (exact) mass is 321 g/mol. The zero-order chi connectivity index (χ0) is 16.2. The van der Waals surface area contributed by atoms with E-state index in [1.54, 1.807) is 0 Å². The van der Waals surface area contributed by atoms with E-state index in [1.807, 2.05) is 17.9 Å². The van der Waals surface area contributed by atoms with Gasteiger partial charge in [0.25, 0.3) is 0 Å². The highest BCUT2D eigenvalue weighted by Crippen LogP contribution is 2.22. The van der Waals surface area contributed by atoms with E-state index in [4.69, 9.17) is 4.52 Å². The van der Waals surface area contributed by atoms with Gasteiger partial charge >= 0.3 is 0 Å². The van der Waals surface area contributed by atoms with Crippen molar-refractivity contribution in [3.05, 3.63) is 17.5 Å². The van der Waals surface area contributed by atoms with Crippen LogP contribution in [0.5, 0.6) is 0 Å². The topological polar surface area (TPSA) is 69.8 Å². The third-order valence-electron chi connectivity index (χ3n) is 4.96. The fourth-order valence-electron chi connectivity index (χ4n) is 3.61. The highest BCUT2D eigenvalue weighted by atomic mass is 16.5. The minimum absolute atomic E-state index is 0.0374. The highest BCUT2D eigenvalue weighted by Gasteiger charge is 2.35. The third kappa shape index (κ3) is 4.32. The number of hydrogen-bond donors (Lipinski definition) is 1. The maximum Gasteiger partial charge on any atom is 0.236 e. The average molecular weight is 321 g/mol. The van der Waals surface area contributed by atoms with Gasteiger partial charge in [-0.15, -0.1) is 0 Å². The van der Waals surface area contributed by atoms with E-state index in [0.717, 1.165) is 24.5 Å². The molecule has 1 amide bonds. The Labute approximate surface area is 137 Å². The summed E-state index contributed by atoms with van der Waals surface area (Å²) in [5, 5.41) is 14.1. The molecule has 0 aliphatic carbocycles. The normalized spacial score (nSPS) is 26.4. The van der Waals surface area contributed by atoms with Gasteiger partial charge in [-0.2, -0.15) is 0 Å². The van der Waals surface area contributed by atoms with Crippen molar-refractivity contribution in [1.29, 1.82) is 0 Å². The van der Waals surface area contributed by atoms with Crippen LogP contribution in [0.2, 0.25) is 0 Å². The Morgan fingerprint density at radius 3 is 2.70 bits per heavy atom. The zero-order valence-electron chi connectivity index (χ0n) is 13.9. The van der Waals surface area contributed by atoms with Gasteiger partial charge < -0.3 is 14.5 Å². The van der Waals surface area contributed by atoms with Gasteiger partial charge in [-0.25, -0.2) is 0 Å². The number of carbonyl (C=O) groups excluding carboxylic acids is 1. The first-order chi connectivity index (χ1) is 11.1. The molecule has 1 N–H and O–H groups in total. The number of hydrogen-bond acceptors (Lipinski definition) is 5. The van der Waals surface area contributed by atoms with Crippen LogP contribution < -0.4 is 0 Å². The van der Waals surface area contributed by atoms with Gasteiger partial charge in [0, 0.05) is 31.5 Å². The van der Waals surface area contributed by atoms with Crippen molar-refractivity contribution in [2.45, 2.75) is 45.1 Å². The maximum atomic E-state index is 12.5. The summed E-state index contributed by atoms with van der Waals surface area (Å²) in [7, 11) is 0. The Balaban J connectivity index is 1.51. The molecular weight excluding hydrogens is 294 g/mol. The van der Waals surface area contributed by atoms with Crippen LogP contribution in [0.4, 0.5) is 0 Å². The van der Waals surface area contributed by atoms with Crippen LogP contribution in [-0.4, -0.2) is 64.8 Å². The molecule has 2 aliphatic rings.